The fraction of sp³-hybridized carbons (Fsp3) is 0.800. The Morgan fingerprint density at radius 3 is 2.46 bits per heavy atom. The average molecular weight is 228 g/mol. The van der Waals surface area contributed by atoms with Gasteiger partial charge in [0.1, 0.15) is 6.04 Å². The summed E-state index contributed by atoms with van der Waals surface area (Å²) < 4.78 is 20.8. The summed E-state index contributed by atoms with van der Waals surface area (Å²) in [5, 5.41) is 13.1. The highest BCUT2D eigenvalue weighted by Crippen LogP contribution is 2.10. The summed E-state index contributed by atoms with van der Waals surface area (Å²) in [4.78, 5) is 10.2. The molecule has 0 saturated heterocycles. The van der Waals surface area contributed by atoms with Crippen LogP contribution in [0.25, 0.3) is 0 Å². The lowest BCUT2D eigenvalue weighted by Gasteiger charge is -2.04. The summed E-state index contributed by atoms with van der Waals surface area (Å²) >= 11 is 0. The van der Waals surface area contributed by atoms with Crippen LogP contribution in [0.15, 0.2) is 0 Å². The van der Waals surface area contributed by atoms with E-state index in [4.69, 9.17) is 16.0 Å². The highest BCUT2D eigenvalue weighted by molar-refractivity contribution is 8.71. The lowest BCUT2D eigenvalue weighted by atomic mass is 10.2. The number of aliphatic carboxylic acids is 1. The maximum atomic E-state index is 10.4. The molecule has 0 radical (unpaired) electrons. The van der Waals surface area contributed by atoms with Crippen LogP contribution in [0.2, 0.25) is 0 Å². The van der Waals surface area contributed by atoms with E-state index in [-0.39, 0.29) is 12.2 Å². The maximum absolute atomic E-state index is 10.4. The SMILES string of the molecule is N[C@@H](CCCSS(N)(=O)=O)C(=O)O. The quantitative estimate of drug-likeness (QED) is 0.400. The van der Waals surface area contributed by atoms with E-state index in [1.165, 1.54) is 0 Å². The smallest absolute Gasteiger partial charge is 0.320 e. The molecule has 0 rings (SSSR count). The van der Waals surface area contributed by atoms with Crippen LogP contribution in [0, 0.1) is 0 Å². The first-order valence-corrected chi connectivity index (χ1v) is 6.53. The molecule has 6 nitrogen and oxygen atoms in total. The highest BCUT2D eigenvalue weighted by atomic mass is 33.1. The molecule has 5 N–H and O–H groups in total. The zero-order chi connectivity index (χ0) is 10.5. The Kier molecular flexibility index (Phi) is 5.30. The lowest BCUT2D eigenvalue weighted by molar-refractivity contribution is -0.138. The van der Waals surface area contributed by atoms with E-state index < -0.39 is 21.1 Å². The number of nitrogens with two attached hydrogens (primary N) is 2. The Bertz CT molecular complexity index is 264. The normalized spacial score (nSPS) is 14.0. The van der Waals surface area contributed by atoms with Crippen molar-refractivity contribution in [1.29, 1.82) is 0 Å². The summed E-state index contributed by atoms with van der Waals surface area (Å²) in [6.07, 6.45) is 0.659. The molecule has 0 unspecified atom stereocenters. The van der Waals surface area contributed by atoms with E-state index in [2.05, 4.69) is 0 Å². The lowest BCUT2D eigenvalue weighted by Crippen LogP contribution is -2.29. The van der Waals surface area contributed by atoms with Gasteiger partial charge >= 0.3 is 5.97 Å². The van der Waals surface area contributed by atoms with Gasteiger partial charge in [-0.15, -0.1) is 0 Å². The van der Waals surface area contributed by atoms with Gasteiger partial charge in [-0.1, -0.05) is 0 Å². The summed E-state index contributed by atoms with van der Waals surface area (Å²) in [7, 11) is -2.93. The van der Waals surface area contributed by atoms with Crippen molar-refractivity contribution in [1.82, 2.24) is 0 Å². The van der Waals surface area contributed by atoms with Crippen molar-refractivity contribution in [2.45, 2.75) is 18.9 Å². The Balaban J connectivity index is 3.53. The first-order chi connectivity index (χ1) is 5.83. The predicted octanol–water partition coefficient (Wildman–Crippen LogP) is -0.885. The van der Waals surface area contributed by atoms with Crippen LogP contribution in [-0.2, 0) is 13.8 Å². The van der Waals surface area contributed by atoms with Gasteiger partial charge in [0.25, 0.3) is 9.06 Å². The maximum Gasteiger partial charge on any atom is 0.320 e. The molecule has 0 spiro atoms. The molecule has 0 aromatic carbocycles. The third-order valence-electron chi connectivity index (χ3n) is 1.22. The third-order valence-corrected chi connectivity index (χ3v) is 3.49. The number of carboxylic acids is 1. The summed E-state index contributed by atoms with van der Waals surface area (Å²) in [5.41, 5.74) is 5.18. The monoisotopic (exact) mass is 228 g/mol. The molecule has 0 heterocycles. The van der Waals surface area contributed by atoms with Crippen molar-refractivity contribution in [3.8, 4) is 0 Å². The standard InChI is InChI=1S/C5H12N2O4S2/c6-4(5(8)9)2-1-3-12-13(7,10)11/h4H,1-3,6H2,(H,8,9)(H2,7,10,11)/t4-/m0/s1. The molecule has 0 bridgehead atoms. The van der Waals surface area contributed by atoms with Crippen LogP contribution in [0.3, 0.4) is 0 Å². The first-order valence-electron chi connectivity index (χ1n) is 3.48. The third kappa shape index (κ3) is 8.03. The topological polar surface area (TPSA) is 123 Å². The van der Waals surface area contributed by atoms with Gasteiger partial charge in [0, 0.05) is 5.75 Å². The number of carbonyl (C=O) groups is 1. The molecule has 0 aliphatic heterocycles. The predicted molar refractivity (Wildman–Crippen MR) is 50.4 cm³/mol. The second-order valence-corrected chi connectivity index (χ2v) is 6.13. The molecule has 0 aliphatic rings. The van der Waals surface area contributed by atoms with Gasteiger partial charge in [0.15, 0.2) is 0 Å². The molecule has 1 atom stereocenters. The molecular formula is C5H12N2O4S2. The molecule has 0 saturated carbocycles. The van der Waals surface area contributed by atoms with Gasteiger partial charge < -0.3 is 10.8 Å². The van der Waals surface area contributed by atoms with Crippen LogP contribution in [-0.4, -0.2) is 31.3 Å². The van der Waals surface area contributed by atoms with Crippen molar-refractivity contribution in [3.63, 3.8) is 0 Å². The van der Waals surface area contributed by atoms with Gasteiger partial charge in [0.05, 0.1) is 0 Å². The fourth-order valence-corrected chi connectivity index (χ4v) is 2.17. The van der Waals surface area contributed by atoms with E-state index >= 15 is 0 Å². The van der Waals surface area contributed by atoms with Crippen molar-refractivity contribution < 1.29 is 18.3 Å². The molecule has 13 heavy (non-hydrogen) atoms. The van der Waals surface area contributed by atoms with Crippen molar-refractivity contribution in [3.05, 3.63) is 0 Å². The van der Waals surface area contributed by atoms with Crippen LogP contribution >= 0.6 is 10.8 Å². The molecule has 0 aromatic rings. The molecular weight excluding hydrogens is 216 g/mol. The van der Waals surface area contributed by atoms with Crippen LogP contribution in [0.5, 0.6) is 0 Å². The summed E-state index contributed by atoms with van der Waals surface area (Å²) in [5.74, 6) is -0.819. The molecule has 0 amide bonds. The summed E-state index contributed by atoms with van der Waals surface area (Å²) in [6, 6.07) is -0.930. The molecule has 0 aromatic heterocycles. The molecule has 0 aliphatic carbocycles. The Morgan fingerprint density at radius 2 is 2.08 bits per heavy atom. The van der Waals surface area contributed by atoms with Crippen molar-refractivity contribution >= 4 is 25.8 Å². The van der Waals surface area contributed by atoms with Crippen molar-refractivity contribution in [2.24, 2.45) is 10.9 Å². The van der Waals surface area contributed by atoms with Crippen LogP contribution in [0.1, 0.15) is 12.8 Å². The van der Waals surface area contributed by atoms with Gasteiger partial charge in [-0.25, -0.2) is 13.6 Å². The van der Waals surface area contributed by atoms with E-state index in [0.717, 1.165) is 0 Å². The zero-order valence-corrected chi connectivity index (χ0v) is 8.47. The fourth-order valence-electron chi connectivity index (χ4n) is 0.602. The second-order valence-electron chi connectivity index (χ2n) is 2.40. The highest BCUT2D eigenvalue weighted by Gasteiger charge is 2.11. The molecule has 8 heteroatoms. The van der Waals surface area contributed by atoms with Gasteiger partial charge in [-0.3, -0.25) is 4.79 Å². The molecule has 78 valence electrons. The van der Waals surface area contributed by atoms with Gasteiger partial charge in [-0.05, 0) is 23.6 Å². The van der Waals surface area contributed by atoms with Crippen LogP contribution < -0.4 is 10.9 Å². The number of hydrogen-bond acceptors (Lipinski definition) is 5. The minimum Gasteiger partial charge on any atom is -0.480 e. The van der Waals surface area contributed by atoms with Gasteiger partial charge in [-0.2, -0.15) is 0 Å². The minimum atomic E-state index is -3.51. The minimum absolute atomic E-state index is 0.248. The Hall–Kier alpha value is -0.310. The average Bonchev–Trinajstić information content (AvgIpc) is 1.95. The van der Waals surface area contributed by atoms with Crippen LogP contribution in [0.4, 0.5) is 0 Å². The Labute approximate surface area is 80.1 Å². The van der Waals surface area contributed by atoms with E-state index in [1.807, 2.05) is 0 Å². The van der Waals surface area contributed by atoms with E-state index in [1.54, 1.807) is 0 Å². The van der Waals surface area contributed by atoms with E-state index in [9.17, 15) is 13.2 Å². The molecule has 0 fully saturated rings. The van der Waals surface area contributed by atoms with Crippen molar-refractivity contribution in [2.75, 3.05) is 5.75 Å². The largest absolute Gasteiger partial charge is 0.480 e. The summed E-state index contributed by atoms with van der Waals surface area (Å²) in [6.45, 7) is 0. The Morgan fingerprint density at radius 1 is 1.54 bits per heavy atom. The van der Waals surface area contributed by atoms with Gasteiger partial charge in [0.2, 0.25) is 0 Å². The zero-order valence-electron chi connectivity index (χ0n) is 6.84. The van der Waals surface area contributed by atoms with E-state index in [0.29, 0.717) is 17.2 Å². The number of carboxylic acid groups (broad SMARTS) is 1. The first kappa shape index (κ1) is 12.7. The second kappa shape index (κ2) is 5.43. The number of hydrogen-bond donors (Lipinski definition) is 3. The number of rotatable bonds is 6.